The lowest BCUT2D eigenvalue weighted by Gasteiger charge is -1.89. The highest BCUT2D eigenvalue weighted by atomic mass is 14.9. The Balaban J connectivity index is 2.06. The highest BCUT2D eigenvalue weighted by Crippen LogP contribution is 2.32. The van der Waals surface area contributed by atoms with Crippen LogP contribution in [0.25, 0.3) is 0 Å². The lowest BCUT2D eigenvalue weighted by Crippen LogP contribution is -2.10. The molecule has 0 amide bonds. The Bertz CT molecular complexity index is 53.2. The molecule has 0 heterocycles. The van der Waals surface area contributed by atoms with Crippen molar-refractivity contribution >= 4 is 0 Å². The molecule has 0 aromatic heterocycles. The third-order valence-electron chi connectivity index (χ3n) is 1.82. The van der Waals surface area contributed by atoms with Crippen LogP contribution in [0.3, 0.4) is 0 Å². The molecule has 7 heavy (non-hydrogen) atoms. The first-order valence-electron chi connectivity index (χ1n) is 3.05. The van der Waals surface area contributed by atoms with Gasteiger partial charge < -0.3 is 5.32 Å². The molecule has 0 aromatic rings. The molecule has 1 saturated carbocycles. The first-order chi connectivity index (χ1) is 3.38. The molecule has 1 aliphatic carbocycles. The lowest BCUT2D eigenvalue weighted by atomic mass is 10.3. The zero-order valence-corrected chi connectivity index (χ0v) is 5.07. The molecule has 0 aromatic carbocycles. The largest absolute Gasteiger partial charge is 0.317 e. The average molecular weight is 99.2 g/mol. The van der Waals surface area contributed by atoms with Gasteiger partial charge in [0.25, 0.3) is 0 Å². The molecule has 1 aliphatic rings. The predicted molar refractivity (Wildman–Crippen MR) is 31.2 cm³/mol. The summed E-state index contributed by atoms with van der Waals surface area (Å²) >= 11 is 0. The maximum absolute atomic E-state index is 3.24. The van der Waals surface area contributed by atoms with Crippen LogP contribution in [0.1, 0.15) is 19.8 Å². The van der Waals surface area contributed by atoms with Crippen LogP contribution in [0.4, 0.5) is 0 Å². The highest BCUT2D eigenvalue weighted by molar-refractivity contribution is 4.90. The third-order valence-corrected chi connectivity index (χ3v) is 1.82. The van der Waals surface area contributed by atoms with E-state index in [0.29, 0.717) is 0 Å². The van der Waals surface area contributed by atoms with Crippen LogP contribution in [0, 0.1) is 5.92 Å². The van der Waals surface area contributed by atoms with E-state index in [-0.39, 0.29) is 0 Å². The zero-order valence-electron chi connectivity index (χ0n) is 5.07. The van der Waals surface area contributed by atoms with Crippen LogP contribution < -0.4 is 5.32 Å². The smallest absolute Gasteiger partial charge is 0.00960 e. The van der Waals surface area contributed by atoms with Gasteiger partial charge in [-0.3, -0.25) is 0 Å². The van der Waals surface area contributed by atoms with E-state index >= 15 is 0 Å². The van der Waals surface area contributed by atoms with Crippen molar-refractivity contribution < 1.29 is 0 Å². The van der Waals surface area contributed by atoms with Crippen molar-refractivity contribution in [1.82, 2.24) is 5.32 Å². The van der Waals surface area contributed by atoms with Crippen LogP contribution in [0.2, 0.25) is 0 Å². The van der Waals surface area contributed by atoms with Crippen LogP contribution >= 0.6 is 0 Å². The van der Waals surface area contributed by atoms with E-state index in [1.165, 1.54) is 12.8 Å². The summed E-state index contributed by atoms with van der Waals surface area (Å²) in [6.45, 7) is 2.25. The minimum absolute atomic E-state index is 0.866. The molecule has 0 radical (unpaired) electrons. The van der Waals surface area contributed by atoms with E-state index in [0.717, 1.165) is 12.0 Å². The fraction of sp³-hybridized carbons (Fsp3) is 1.00. The Hall–Kier alpha value is -0.0400. The Kier molecular flexibility index (Phi) is 1.33. The molecular weight excluding hydrogens is 86.1 g/mol. The first-order valence-corrected chi connectivity index (χ1v) is 3.05. The van der Waals surface area contributed by atoms with E-state index in [1.807, 2.05) is 7.05 Å². The number of hydrogen-bond acceptors (Lipinski definition) is 1. The van der Waals surface area contributed by atoms with Crippen LogP contribution in [0.5, 0.6) is 0 Å². The van der Waals surface area contributed by atoms with Crippen LogP contribution in [0.15, 0.2) is 0 Å². The maximum atomic E-state index is 3.24. The molecule has 1 N–H and O–H groups in total. The van der Waals surface area contributed by atoms with Crippen molar-refractivity contribution in [2.24, 2.45) is 5.92 Å². The summed E-state index contributed by atoms with van der Waals surface area (Å²) in [5.74, 6) is 1.00. The Labute approximate surface area is 45.1 Å². The maximum Gasteiger partial charge on any atom is 0.00960 e. The topological polar surface area (TPSA) is 12.0 Å². The quantitative estimate of drug-likeness (QED) is 0.544. The van der Waals surface area contributed by atoms with Gasteiger partial charge in [0.05, 0.1) is 0 Å². The van der Waals surface area contributed by atoms with Crippen molar-refractivity contribution in [3.63, 3.8) is 0 Å². The van der Waals surface area contributed by atoms with E-state index in [2.05, 4.69) is 12.2 Å². The number of rotatable bonds is 2. The van der Waals surface area contributed by atoms with Gasteiger partial charge in [-0.05, 0) is 19.4 Å². The molecule has 1 unspecified atom stereocenters. The van der Waals surface area contributed by atoms with Gasteiger partial charge in [0.15, 0.2) is 0 Å². The van der Waals surface area contributed by atoms with E-state index in [4.69, 9.17) is 0 Å². The highest BCUT2D eigenvalue weighted by Gasteiger charge is 2.33. The summed E-state index contributed by atoms with van der Waals surface area (Å²) in [6.07, 6.45) is 2.76. The van der Waals surface area contributed by atoms with E-state index in [9.17, 15) is 0 Å². The summed E-state index contributed by atoms with van der Waals surface area (Å²) in [7, 11) is 2.04. The Morgan fingerprint density at radius 1 is 1.71 bits per heavy atom. The predicted octanol–water partition coefficient (Wildman–Crippen LogP) is 1.00. The standard InChI is InChI=1S/C6H13N/c1-3-5-4-6(5)7-2/h5-7H,3-4H2,1-2H3/t5?,6-/m1/s1. The molecule has 0 aliphatic heterocycles. The minimum Gasteiger partial charge on any atom is -0.317 e. The molecule has 0 bridgehead atoms. The normalized spacial score (nSPS) is 38.6. The van der Waals surface area contributed by atoms with Crippen molar-refractivity contribution in [3.8, 4) is 0 Å². The third kappa shape index (κ3) is 0.942. The summed E-state index contributed by atoms with van der Waals surface area (Å²) in [5.41, 5.74) is 0. The monoisotopic (exact) mass is 99.1 g/mol. The van der Waals surface area contributed by atoms with Crippen molar-refractivity contribution in [3.05, 3.63) is 0 Å². The molecule has 0 spiro atoms. The molecule has 1 fully saturated rings. The van der Waals surface area contributed by atoms with Gasteiger partial charge in [0.2, 0.25) is 0 Å². The molecule has 1 nitrogen and oxygen atoms in total. The van der Waals surface area contributed by atoms with Gasteiger partial charge >= 0.3 is 0 Å². The zero-order chi connectivity index (χ0) is 5.28. The van der Waals surface area contributed by atoms with Crippen molar-refractivity contribution in [1.29, 1.82) is 0 Å². The van der Waals surface area contributed by atoms with Gasteiger partial charge in [0.1, 0.15) is 0 Å². The van der Waals surface area contributed by atoms with Gasteiger partial charge in [-0.15, -0.1) is 0 Å². The lowest BCUT2D eigenvalue weighted by molar-refractivity contribution is 0.687. The molecular formula is C6H13N. The van der Waals surface area contributed by atoms with Gasteiger partial charge in [0, 0.05) is 6.04 Å². The summed E-state index contributed by atoms with van der Waals surface area (Å²) in [5, 5.41) is 3.24. The summed E-state index contributed by atoms with van der Waals surface area (Å²) in [4.78, 5) is 0. The van der Waals surface area contributed by atoms with Crippen molar-refractivity contribution in [2.75, 3.05) is 7.05 Å². The second-order valence-corrected chi connectivity index (χ2v) is 2.30. The van der Waals surface area contributed by atoms with Crippen LogP contribution in [-0.2, 0) is 0 Å². The fourth-order valence-electron chi connectivity index (χ4n) is 1.05. The molecule has 1 rings (SSSR count). The second-order valence-electron chi connectivity index (χ2n) is 2.30. The average Bonchev–Trinajstić information content (AvgIpc) is 2.43. The summed E-state index contributed by atoms with van der Waals surface area (Å²) in [6, 6.07) is 0.866. The molecule has 1 heteroatoms. The van der Waals surface area contributed by atoms with Gasteiger partial charge in [-0.1, -0.05) is 13.3 Å². The fourth-order valence-corrected chi connectivity index (χ4v) is 1.05. The number of hydrogen-bond donors (Lipinski definition) is 1. The van der Waals surface area contributed by atoms with E-state index in [1.54, 1.807) is 0 Å². The molecule has 42 valence electrons. The molecule has 0 saturated heterocycles. The Morgan fingerprint density at radius 3 is 2.57 bits per heavy atom. The van der Waals surface area contributed by atoms with Gasteiger partial charge in [-0.25, -0.2) is 0 Å². The second kappa shape index (κ2) is 1.83. The van der Waals surface area contributed by atoms with E-state index < -0.39 is 0 Å². The Morgan fingerprint density at radius 2 is 2.43 bits per heavy atom. The van der Waals surface area contributed by atoms with Gasteiger partial charge in [-0.2, -0.15) is 0 Å². The first kappa shape index (κ1) is 5.10. The molecule has 2 atom stereocenters. The SMILES string of the molecule is CCC1C[C@H]1NC. The van der Waals surface area contributed by atoms with Crippen LogP contribution in [-0.4, -0.2) is 13.1 Å². The summed E-state index contributed by atoms with van der Waals surface area (Å²) < 4.78 is 0. The number of nitrogens with one attached hydrogen (secondary N) is 1. The minimum atomic E-state index is 0.866. The van der Waals surface area contributed by atoms with Crippen molar-refractivity contribution in [2.45, 2.75) is 25.8 Å².